The van der Waals surface area contributed by atoms with Crippen LogP contribution in [0.15, 0.2) is 5.16 Å². The van der Waals surface area contributed by atoms with Gasteiger partial charge in [0, 0.05) is 0 Å². The number of nitrogens with two attached hydrogens (primary N) is 1. The molecule has 0 spiro atoms. The Balaban J connectivity index is 3.13. The highest BCUT2D eigenvalue weighted by atomic mass is 35.5. The average Bonchev–Trinajstić information content (AvgIpc) is 2.11. The molecule has 0 aliphatic carbocycles. The lowest BCUT2D eigenvalue weighted by atomic mass is 10.3. The van der Waals surface area contributed by atoms with Crippen LogP contribution in [0.3, 0.4) is 0 Å². The number of hydrogen-bond donors (Lipinski definition) is 2. The normalized spacial score (nSPS) is 10.1. The van der Waals surface area contributed by atoms with Crippen molar-refractivity contribution in [2.24, 2.45) is 0 Å². The van der Waals surface area contributed by atoms with Crippen molar-refractivity contribution < 1.29 is 9.90 Å². The molecule has 0 aliphatic heterocycles. The zero-order valence-corrected chi connectivity index (χ0v) is 8.89. The Morgan fingerprint density at radius 1 is 1.64 bits per heavy atom. The van der Waals surface area contributed by atoms with E-state index in [9.17, 15) is 4.79 Å². The van der Waals surface area contributed by atoms with Crippen LogP contribution in [0.2, 0.25) is 5.02 Å². The number of anilines is 1. The van der Waals surface area contributed by atoms with Gasteiger partial charge in [-0.1, -0.05) is 23.4 Å². The Kier molecular flexibility index (Phi) is 3.54. The Morgan fingerprint density at radius 2 is 2.29 bits per heavy atom. The van der Waals surface area contributed by atoms with E-state index in [2.05, 4.69) is 9.97 Å². The Labute approximate surface area is 89.7 Å². The van der Waals surface area contributed by atoms with Crippen LogP contribution in [-0.4, -0.2) is 27.3 Å². The van der Waals surface area contributed by atoms with Crippen LogP contribution < -0.4 is 5.73 Å². The summed E-state index contributed by atoms with van der Waals surface area (Å²) in [6.07, 6.45) is 1.52. The van der Waals surface area contributed by atoms with E-state index >= 15 is 0 Å². The molecule has 14 heavy (non-hydrogen) atoms. The fraction of sp³-hybridized carbons (Fsp3) is 0.286. The van der Waals surface area contributed by atoms with Crippen LogP contribution >= 0.6 is 23.4 Å². The lowest BCUT2D eigenvalue weighted by molar-refractivity contribution is -0.136. The second kappa shape index (κ2) is 4.47. The number of rotatable bonds is 3. The highest BCUT2D eigenvalue weighted by molar-refractivity contribution is 7.98. The summed E-state index contributed by atoms with van der Waals surface area (Å²) >= 11 is 7.02. The second-order valence-electron chi connectivity index (χ2n) is 2.43. The number of carbonyl (C=O) groups is 1. The van der Waals surface area contributed by atoms with Gasteiger partial charge in [0.2, 0.25) is 0 Å². The molecule has 0 aromatic carbocycles. The number of aliphatic carboxylic acids is 1. The van der Waals surface area contributed by atoms with Gasteiger partial charge in [0.05, 0.1) is 12.1 Å². The van der Waals surface area contributed by atoms with Crippen LogP contribution in [-0.2, 0) is 11.2 Å². The molecule has 0 fully saturated rings. The molecule has 0 unspecified atom stereocenters. The van der Waals surface area contributed by atoms with Crippen molar-refractivity contribution in [3.63, 3.8) is 0 Å². The van der Waals surface area contributed by atoms with Gasteiger partial charge >= 0.3 is 5.97 Å². The molecule has 1 aromatic rings. The monoisotopic (exact) mass is 233 g/mol. The first-order valence-electron chi connectivity index (χ1n) is 3.62. The summed E-state index contributed by atoms with van der Waals surface area (Å²) in [5, 5.41) is 9.11. The van der Waals surface area contributed by atoms with E-state index in [1.54, 1.807) is 6.26 Å². The van der Waals surface area contributed by atoms with Crippen molar-refractivity contribution in [2.75, 3.05) is 12.0 Å². The first-order valence-corrected chi connectivity index (χ1v) is 5.22. The molecule has 5 nitrogen and oxygen atoms in total. The molecule has 0 saturated carbocycles. The van der Waals surface area contributed by atoms with E-state index in [1.165, 1.54) is 11.8 Å². The highest BCUT2D eigenvalue weighted by Crippen LogP contribution is 2.23. The second-order valence-corrected chi connectivity index (χ2v) is 3.58. The zero-order valence-electron chi connectivity index (χ0n) is 7.32. The molecular formula is C7H8ClN3O2S. The van der Waals surface area contributed by atoms with Gasteiger partial charge in [-0.05, 0) is 6.26 Å². The minimum absolute atomic E-state index is 0.113. The number of nitrogens with zero attached hydrogens (tertiary/aromatic N) is 2. The van der Waals surface area contributed by atoms with Gasteiger partial charge in [0.15, 0.2) is 5.16 Å². The fourth-order valence-electron chi connectivity index (χ4n) is 0.841. The molecule has 0 aliphatic rings. The van der Waals surface area contributed by atoms with E-state index in [0.717, 1.165) is 0 Å². The van der Waals surface area contributed by atoms with E-state index in [4.69, 9.17) is 22.4 Å². The molecule has 1 heterocycles. The van der Waals surface area contributed by atoms with Gasteiger partial charge in [-0.2, -0.15) is 0 Å². The average molecular weight is 234 g/mol. The third-order valence-corrected chi connectivity index (χ3v) is 2.39. The van der Waals surface area contributed by atoms with Gasteiger partial charge < -0.3 is 10.8 Å². The number of aromatic nitrogens is 2. The molecule has 1 rings (SSSR count). The predicted molar refractivity (Wildman–Crippen MR) is 54.6 cm³/mol. The van der Waals surface area contributed by atoms with E-state index < -0.39 is 5.97 Å². The van der Waals surface area contributed by atoms with Gasteiger partial charge in [0.1, 0.15) is 10.8 Å². The van der Waals surface area contributed by atoms with Gasteiger partial charge in [-0.3, -0.25) is 4.79 Å². The summed E-state index contributed by atoms with van der Waals surface area (Å²) in [4.78, 5) is 18.3. The maximum atomic E-state index is 10.5. The third kappa shape index (κ3) is 2.49. The summed E-state index contributed by atoms with van der Waals surface area (Å²) in [6.45, 7) is 0. The topological polar surface area (TPSA) is 89.1 Å². The smallest absolute Gasteiger partial charge is 0.309 e. The lowest BCUT2D eigenvalue weighted by Crippen LogP contribution is -2.07. The maximum absolute atomic E-state index is 10.5. The predicted octanol–water partition coefficient (Wildman–Crippen LogP) is 1.06. The molecule has 0 bridgehead atoms. The summed E-state index contributed by atoms with van der Waals surface area (Å²) < 4.78 is 0. The van der Waals surface area contributed by atoms with Crippen LogP contribution in [0.5, 0.6) is 0 Å². The number of hydrogen-bond acceptors (Lipinski definition) is 5. The third-order valence-electron chi connectivity index (χ3n) is 1.43. The first-order chi connectivity index (χ1) is 6.54. The zero-order chi connectivity index (χ0) is 10.7. The highest BCUT2D eigenvalue weighted by Gasteiger charge is 2.12. The van der Waals surface area contributed by atoms with Crippen LogP contribution in [0.1, 0.15) is 5.69 Å². The van der Waals surface area contributed by atoms with Gasteiger partial charge in [-0.25, -0.2) is 9.97 Å². The lowest BCUT2D eigenvalue weighted by Gasteiger charge is -2.04. The van der Waals surface area contributed by atoms with E-state index in [0.29, 0.717) is 5.16 Å². The summed E-state index contributed by atoms with van der Waals surface area (Å²) in [5.41, 5.74) is 5.73. The molecular weight excluding hydrogens is 226 g/mol. The minimum Gasteiger partial charge on any atom is -0.481 e. The number of halogens is 1. The quantitative estimate of drug-likeness (QED) is 0.600. The number of carboxylic acids is 1. The Hall–Kier alpha value is -1.01. The SMILES string of the molecule is CSc1nc(N)c(Cl)c(CC(=O)O)n1. The molecule has 0 atom stereocenters. The summed E-state index contributed by atoms with van der Waals surface area (Å²) in [7, 11) is 0. The van der Waals surface area contributed by atoms with Crippen molar-refractivity contribution >= 4 is 35.1 Å². The van der Waals surface area contributed by atoms with Gasteiger partial charge in [0.25, 0.3) is 0 Å². The Morgan fingerprint density at radius 3 is 2.79 bits per heavy atom. The van der Waals surface area contributed by atoms with Crippen molar-refractivity contribution in [3.8, 4) is 0 Å². The van der Waals surface area contributed by atoms with Crippen LogP contribution in [0.4, 0.5) is 5.82 Å². The minimum atomic E-state index is -1.00. The van der Waals surface area contributed by atoms with Crippen molar-refractivity contribution in [2.45, 2.75) is 11.6 Å². The van der Waals surface area contributed by atoms with Crippen LogP contribution in [0, 0.1) is 0 Å². The molecule has 1 aromatic heterocycles. The van der Waals surface area contributed by atoms with E-state index in [1.807, 2.05) is 0 Å². The number of carboxylic acid groups (broad SMARTS) is 1. The summed E-state index contributed by atoms with van der Waals surface area (Å²) in [5.74, 6) is -0.890. The maximum Gasteiger partial charge on any atom is 0.309 e. The number of nitrogen functional groups attached to an aromatic ring is 1. The Bertz CT molecular complexity index is 372. The molecule has 0 amide bonds. The standard InChI is InChI=1S/C7H8ClN3O2S/c1-14-7-10-3(2-4(12)13)5(8)6(9)11-7/h2H2,1H3,(H,12,13)(H2,9,10,11). The molecule has 76 valence electrons. The molecule has 7 heteroatoms. The van der Waals surface area contributed by atoms with Crippen molar-refractivity contribution in [1.82, 2.24) is 9.97 Å². The fourth-order valence-corrected chi connectivity index (χ4v) is 1.38. The summed E-state index contributed by atoms with van der Waals surface area (Å²) in [6, 6.07) is 0. The molecule has 3 N–H and O–H groups in total. The van der Waals surface area contributed by atoms with E-state index in [-0.39, 0.29) is 23.0 Å². The van der Waals surface area contributed by atoms with Crippen LogP contribution in [0.25, 0.3) is 0 Å². The molecule has 0 radical (unpaired) electrons. The first kappa shape index (κ1) is 11.1. The number of thioether (sulfide) groups is 1. The molecule has 0 saturated heterocycles. The largest absolute Gasteiger partial charge is 0.481 e. The van der Waals surface area contributed by atoms with Crippen molar-refractivity contribution in [3.05, 3.63) is 10.7 Å². The van der Waals surface area contributed by atoms with Crippen molar-refractivity contribution in [1.29, 1.82) is 0 Å². The van der Waals surface area contributed by atoms with Gasteiger partial charge in [-0.15, -0.1) is 0 Å².